The molecule has 32 heavy (non-hydrogen) atoms. The third-order valence-electron chi connectivity index (χ3n) is 5.87. The first-order valence-electron chi connectivity index (χ1n) is 10.3. The molecule has 0 bridgehead atoms. The van der Waals surface area contributed by atoms with E-state index in [9.17, 15) is 14.0 Å². The van der Waals surface area contributed by atoms with Gasteiger partial charge in [-0.2, -0.15) is 0 Å². The van der Waals surface area contributed by atoms with Crippen LogP contribution in [0.5, 0.6) is 5.75 Å². The van der Waals surface area contributed by atoms with Crippen molar-refractivity contribution in [1.29, 1.82) is 0 Å². The van der Waals surface area contributed by atoms with Crippen molar-refractivity contribution < 1.29 is 18.7 Å². The number of methoxy groups -OCH3 is 1. The first-order chi connectivity index (χ1) is 15.5. The van der Waals surface area contributed by atoms with Gasteiger partial charge in [-0.3, -0.25) is 14.5 Å². The molecule has 0 aromatic heterocycles. The van der Waals surface area contributed by atoms with Gasteiger partial charge in [0.2, 0.25) is 10.8 Å². The van der Waals surface area contributed by atoms with Gasteiger partial charge >= 0.3 is 0 Å². The molecule has 1 fully saturated rings. The molecule has 2 amide bonds. The van der Waals surface area contributed by atoms with E-state index in [1.54, 1.807) is 41.2 Å². The van der Waals surface area contributed by atoms with Gasteiger partial charge in [-0.1, -0.05) is 30.3 Å². The number of halogens is 1. The Morgan fingerprint density at radius 3 is 2.44 bits per heavy atom. The Morgan fingerprint density at radius 2 is 1.72 bits per heavy atom. The number of hydrogen-bond acceptors (Lipinski definition) is 4. The zero-order valence-electron chi connectivity index (χ0n) is 17.5. The summed E-state index contributed by atoms with van der Waals surface area (Å²) in [4.78, 5) is 29.5. The van der Waals surface area contributed by atoms with Gasteiger partial charge in [0, 0.05) is 23.4 Å². The third kappa shape index (κ3) is 3.15. The number of carbonyl (C=O) groups excluding carboxylic acids is 2. The number of carbonyl (C=O) groups is 2. The van der Waals surface area contributed by atoms with Crippen molar-refractivity contribution in [3.8, 4) is 5.75 Å². The molecule has 1 spiro atoms. The molecule has 5 nitrogen and oxygen atoms in total. The minimum Gasteiger partial charge on any atom is -0.497 e. The third-order valence-corrected chi connectivity index (χ3v) is 7.27. The van der Waals surface area contributed by atoms with Crippen LogP contribution in [0.4, 0.5) is 15.8 Å². The molecule has 0 radical (unpaired) electrons. The number of fused-ring (bicyclic) bond motifs is 2. The second kappa shape index (κ2) is 7.98. The summed E-state index contributed by atoms with van der Waals surface area (Å²) < 4.78 is 18.7. The summed E-state index contributed by atoms with van der Waals surface area (Å²) in [7, 11) is 1.59. The van der Waals surface area contributed by atoms with Gasteiger partial charge in [-0.15, -0.1) is 11.8 Å². The Morgan fingerprint density at radius 1 is 1.00 bits per heavy atom. The van der Waals surface area contributed by atoms with E-state index in [0.717, 1.165) is 16.8 Å². The Hall–Kier alpha value is -3.32. The fourth-order valence-electron chi connectivity index (χ4n) is 4.38. The van der Waals surface area contributed by atoms with Gasteiger partial charge in [0.25, 0.3) is 5.91 Å². The second-order valence-corrected chi connectivity index (χ2v) is 8.99. The molecule has 0 unspecified atom stereocenters. The lowest BCUT2D eigenvalue weighted by Gasteiger charge is -2.42. The van der Waals surface area contributed by atoms with E-state index in [4.69, 9.17) is 4.74 Å². The lowest BCUT2D eigenvalue weighted by atomic mass is 10.0. The van der Waals surface area contributed by atoms with Crippen LogP contribution in [0.15, 0.2) is 72.8 Å². The van der Waals surface area contributed by atoms with Gasteiger partial charge in [-0.05, 0) is 48.0 Å². The van der Waals surface area contributed by atoms with Gasteiger partial charge in [0.05, 0.1) is 19.3 Å². The summed E-state index contributed by atoms with van der Waals surface area (Å²) in [5.41, 5.74) is 3.02. The van der Waals surface area contributed by atoms with E-state index in [0.29, 0.717) is 30.2 Å². The number of amides is 2. The highest BCUT2D eigenvalue weighted by Gasteiger charge is 2.58. The monoisotopic (exact) mass is 448 g/mol. The Labute approximate surface area is 189 Å². The van der Waals surface area contributed by atoms with Crippen molar-refractivity contribution in [3.63, 3.8) is 0 Å². The van der Waals surface area contributed by atoms with Crippen molar-refractivity contribution in [2.75, 3.05) is 22.7 Å². The van der Waals surface area contributed by atoms with Crippen LogP contribution in [-0.4, -0.2) is 24.7 Å². The second-order valence-electron chi connectivity index (χ2n) is 7.70. The van der Waals surface area contributed by atoms with Gasteiger partial charge in [-0.25, -0.2) is 4.39 Å². The number of para-hydroxylation sites is 1. The fourth-order valence-corrected chi connectivity index (χ4v) is 5.85. The van der Waals surface area contributed by atoms with Crippen LogP contribution in [0.2, 0.25) is 0 Å². The van der Waals surface area contributed by atoms with E-state index >= 15 is 0 Å². The van der Waals surface area contributed by atoms with Crippen LogP contribution >= 0.6 is 11.8 Å². The molecule has 3 aromatic carbocycles. The molecular weight excluding hydrogens is 427 g/mol. The van der Waals surface area contributed by atoms with Crippen molar-refractivity contribution in [1.82, 2.24) is 0 Å². The number of ether oxygens (including phenoxy) is 1. The lowest BCUT2D eigenvalue weighted by molar-refractivity contribution is -0.125. The molecule has 0 saturated carbocycles. The van der Waals surface area contributed by atoms with E-state index < -0.39 is 4.87 Å². The normalized spacial score (nSPS) is 20.1. The predicted octanol–water partition coefficient (Wildman–Crippen LogP) is 4.70. The minimum atomic E-state index is -1.18. The summed E-state index contributed by atoms with van der Waals surface area (Å²) in [5.74, 6) is 0.640. The highest BCUT2D eigenvalue weighted by Crippen LogP contribution is 2.55. The first kappa shape index (κ1) is 20.6. The summed E-state index contributed by atoms with van der Waals surface area (Å²) in [5, 5.41) is 0. The standard InChI is InChI=1S/C25H21FN2O3S/c1-31-20-12-10-19(11-13-20)28-23(29)14-15-32-25(28)21-4-2-3-5-22(21)27(24(25)30)16-17-6-8-18(26)9-7-17/h2-13H,14-16H2,1H3/t25-/m1/s1. The van der Waals surface area contributed by atoms with Crippen molar-refractivity contribution in [2.45, 2.75) is 17.8 Å². The molecule has 5 rings (SSSR count). The average Bonchev–Trinajstić information content (AvgIpc) is 3.04. The molecule has 0 N–H and O–H groups in total. The molecule has 3 aromatic rings. The number of hydrogen-bond donors (Lipinski definition) is 0. The highest BCUT2D eigenvalue weighted by atomic mass is 32.2. The van der Waals surface area contributed by atoms with Gasteiger partial charge < -0.3 is 9.64 Å². The molecule has 2 aliphatic rings. The zero-order chi connectivity index (χ0) is 22.3. The molecule has 1 atom stereocenters. The number of benzene rings is 3. The molecule has 2 aliphatic heterocycles. The maximum absolute atomic E-state index is 14.1. The van der Waals surface area contributed by atoms with Gasteiger partial charge in [0.15, 0.2) is 0 Å². The number of rotatable bonds is 4. The highest BCUT2D eigenvalue weighted by molar-refractivity contribution is 8.01. The first-order valence-corrected chi connectivity index (χ1v) is 11.3. The van der Waals surface area contributed by atoms with Crippen LogP contribution in [-0.2, 0) is 21.0 Å². The van der Waals surface area contributed by atoms with Crippen molar-refractivity contribution in [2.24, 2.45) is 0 Å². The molecule has 7 heteroatoms. The van der Waals surface area contributed by atoms with Crippen LogP contribution in [0.3, 0.4) is 0 Å². The van der Waals surface area contributed by atoms with Crippen molar-refractivity contribution >= 4 is 35.0 Å². The molecular formula is C25H21FN2O3S. The molecule has 0 aliphatic carbocycles. The molecule has 1 saturated heterocycles. The fraction of sp³-hybridized carbons (Fsp3) is 0.200. The van der Waals surface area contributed by atoms with Crippen molar-refractivity contribution in [3.05, 3.63) is 89.7 Å². The molecule has 2 heterocycles. The summed E-state index contributed by atoms with van der Waals surface area (Å²) in [6.45, 7) is 0.295. The van der Waals surface area contributed by atoms with Gasteiger partial charge in [0.1, 0.15) is 11.6 Å². The summed E-state index contributed by atoms with van der Waals surface area (Å²) in [6.07, 6.45) is 0.353. The minimum absolute atomic E-state index is 0.0966. The lowest BCUT2D eigenvalue weighted by Crippen LogP contribution is -2.56. The van der Waals surface area contributed by atoms with E-state index in [2.05, 4.69) is 0 Å². The number of anilines is 2. The predicted molar refractivity (Wildman–Crippen MR) is 123 cm³/mol. The summed E-state index contributed by atoms with van der Waals surface area (Å²) in [6, 6.07) is 20.9. The average molecular weight is 449 g/mol. The van der Waals surface area contributed by atoms with Crippen LogP contribution < -0.4 is 14.5 Å². The SMILES string of the molecule is COc1ccc(N2C(=O)CCS[C@]23C(=O)N(Cc2ccc(F)cc2)c2ccccc23)cc1. The van der Waals surface area contributed by atoms with E-state index in [-0.39, 0.29) is 17.6 Å². The number of nitrogens with zero attached hydrogens (tertiary/aromatic N) is 2. The molecule has 162 valence electrons. The van der Waals surface area contributed by atoms with E-state index in [1.165, 1.54) is 23.9 Å². The Bertz CT molecular complexity index is 1180. The summed E-state index contributed by atoms with van der Waals surface area (Å²) >= 11 is 1.48. The maximum atomic E-state index is 14.1. The number of thioether (sulfide) groups is 1. The van der Waals surface area contributed by atoms with Crippen LogP contribution in [0.1, 0.15) is 17.5 Å². The van der Waals surface area contributed by atoms with E-state index in [1.807, 2.05) is 36.4 Å². The largest absolute Gasteiger partial charge is 0.497 e. The Balaban J connectivity index is 1.63. The zero-order valence-corrected chi connectivity index (χ0v) is 18.3. The topological polar surface area (TPSA) is 49.9 Å². The maximum Gasteiger partial charge on any atom is 0.269 e. The smallest absolute Gasteiger partial charge is 0.269 e. The quantitative estimate of drug-likeness (QED) is 0.580. The Kier molecular flexibility index (Phi) is 5.13. The van der Waals surface area contributed by atoms with Crippen LogP contribution in [0.25, 0.3) is 0 Å². The van der Waals surface area contributed by atoms with Crippen LogP contribution in [0, 0.1) is 5.82 Å².